The zero-order valence-corrected chi connectivity index (χ0v) is 22.2. The van der Waals surface area contributed by atoms with Crippen LogP contribution in [0.1, 0.15) is 0 Å². The molecule has 0 heterocycles. The Balaban J connectivity index is 1.25. The van der Waals surface area contributed by atoms with Crippen molar-refractivity contribution in [2.45, 2.75) is 0 Å². The average Bonchev–Trinajstić information content (AvgIpc) is 3.03. The van der Waals surface area contributed by atoms with Crippen molar-refractivity contribution in [3.63, 3.8) is 0 Å². The molecule has 202 valence electrons. The molecule has 0 unspecified atom stereocenters. The molecule has 0 aliphatic carbocycles. The van der Waals surface area contributed by atoms with E-state index in [0.29, 0.717) is 44.5 Å². The van der Waals surface area contributed by atoms with E-state index >= 15 is 0 Å². The molecule has 0 aliphatic rings. The Kier molecular flexibility index (Phi) is 6.33. The van der Waals surface area contributed by atoms with Gasteiger partial charge in [-0.1, -0.05) is 121 Å². The molecule has 6 heteroatoms. The second-order valence-electron chi connectivity index (χ2n) is 9.61. The standard InChI is InChI=1S/C36H22O6/c37-35(39-31-21-9-13-23-11-1-3-15-25(23)31)41-33-27-17-5-7-19-29(27)34(30-20-8-6-18-28(30)33)42-36(38)40-32-22-10-14-24-12-2-4-16-26(24)32/h1-22H. The second kappa shape index (κ2) is 10.6. The maximum atomic E-state index is 13.1. The summed E-state index contributed by atoms with van der Waals surface area (Å²) in [6, 6.07) is 40.7. The molecular weight excluding hydrogens is 528 g/mol. The van der Waals surface area contributed by atoms with Crippen LogP contribution in [0.3, 0.4) is 0 Å². The van der Waals surface area contributed by atoms with Gasteiger partial charge in [-0.3, -0.25) is 0 Å². The Hall–Kier alpha value is -5.88. The Morgan fingerprint density at radius 3 is 1.02 bits per heavy atom. The summed E-state index contributed by atoms with van der Waals surface area (Å²) in [5.41, 5.74) is 0. The summed E-state index contributed by atoms with van der Waals surface area (Å²) in [5, 5.41) is 5.74. The van der Waals surface area contributed by atoms with Gasteiger partial charge < -0.3 is 18.9 Å². The van der Waals surface area contributed by atoms with Crippen LogP contribution in [0.4, 0.5) is 9.59 Å². The molecular formula is C36H22O6. The maximum absolute atomic E-state index is 13.1. The largest absolute Gasteiger partial charge is 0.519 e. The normalized spacial score (nSPS) is 11.0. The minimum absolute atomic E-state index is 0.293. The molecule has 0 amide bonds. The summed E-state index contributed by atoms with van der Waals surface area (Å²) in [6.07, 6.45) is -1.77. The van der Waals surface area contributed by atoms with Crippen molar-refractivity contribution in [3.8, 4) is 23.0 Å². The highest BCUT2D eigenvalue weighted by atomic mass is 16.7. The molecule has 0 atom stereocenters. The number of carbonyl (C=O) groups is 2. The van der Waals surface area contributed by atoms with Gasteiger partial charge in [-0.25, -0.2) is 9.59 Å². The number of rotatable bonds is 4. The van der Waals surface area contributed by atoms with Crippen molar-refractivity contribution in [1.82, 2.24) is 0 Å². The second-order valence-corrected chi connectivity index (χ2v) is 9.61. The lowest BCUT2D eigenvalue weighted by molar-refractivity contribution is 0.151. The third-order valence-electron chi connectivity index (χ3n) is 7.09. The quantitative estimate of drug-likeness (QED) is 0.123. The maximum Gasteiger partial charge on any atom is 0.519 e. The Bertz CT molecular complexity index is 1930. The van der Waals surface area contributed by atoms with Crippen LogP contribution in [0.25, 0.3) is 43.1 Å². The van der Waals surface area contributed by atoms with Crippen molar-refractivity contribution in [1.29, 1.82) is 0 Å². The molecule has 0 aliphatic heterocycles. The molecule has 0 saturated carbocycles. The van der Waals surface area contributed by atoms with Crippen LogP contribution in [0.5, 0.6) is 23.0 Å². The van der Waals surface area contributed by atoms with Crippen LogP contribution in [-0.4, -0.2) is 12.3 Å². The Labute approximate surface area is 240 Å². The van der Waals surface area contributed by atoms with Crippen molar-refractivity contribution < 1.29 is 28.5 Å². The van der Waals surface area contributed by atoms with Gasteiger partial charge in [-0.05, 0) is 22.9 Å². The summed E-state index contributed by atoms with van der Waals surface area (Å²) >= 11 is 0. The molecule has 0 aromatic heterocycles. The number of carbonyl (C=O) groups excluding carboxylic acids is 2. The summed E-state index contributed by atoms with van der Waals surface area (Å²) in [5.74, 6) is 1.37. The van der Waals surface area contributed by atoms with Gasteiger partial charge in [0.15, 0.2) is 0 Å². The molecule has 0 fully saturated rings. The van der Waals surface area contributed by atoms with Crippen molar-refractivity contribution in [3.05, 3.63) is 133 Å². The first-order valence-electron chi connectivity index (χ1n) is 13.3. The summed E-state index contributed by atoms with van der Waals surface area (Å²) in [4.78, 5) is 26.3. The van der Waals surface area contributed by atoms with Crippen LogP contribution in [0, 0.1) is 0 Å². The van der Waals surface area contributed by atoms with Crippen LogP contribution < -0.4 is 18.9 Å². The predicted molar refractivity (Wildman–Crippen MR) is 163 cm³/mol. The van der Waals surface area contributed by atoms with Crippen molar-refractivity contribution in [2.75, 3.05) is 0 Å². The van der Waals surface area contributed by atoms with Crippen LogP contribution in [0.2, 0.25) is 0 Å². The lowest BCUT2D eigenvalue weighted by Crippen LogP contribution is -2.16. The zero-order chi connectivity index (χ0) is 28.5. The molecule has 7 aromatic rings. The fourth-order valence-corrected chi connectivity index (χ4v) is 5.23. The van der Waals surface area contributed by atoms with Crippen LogP contribution >= 0.6 is 0 Å². The van der Waals surface area contributed by atoms with Gasteiger partial charge in [-0.15, -0.1) is 0 Å². The van der Waals surface area contributed by atoms with Crippen LogP contribution in [0.15, 0.2) is 133 Å². The van der Waals surface area contributed by atoms with Gasteiger partial charge in [0, 0.05) is 32.3 Å². The highest BCUT2D eigenvalue weighted by Crippen LogP contribution is 2.43. The molecule has 0 radical (unpaired) electrons. The molecule has 7 rings (SSSR count). The minimum Gasteiger partial charge on any atom is -0.394 e. The number of fused-ring (bicyclic) bond motifs is 4. The molecule has 42 heavy (non-hydrogen) atoms. The topological polar surface area (TPSA) is 71.1 Å². The van der Waals surface area contributed by atoms with Crippen molar-refractivity contribution >= 4 is 55.4 Å². The van der Waals surface area contributed by atoms with E-state index in [-0.39, 0.29) is 0 Å². The van der Waals surface area contributed by atoms with Gasteiger partial charge in [0.05, 0.1) is 0 Å². The van der Waals surface area contributed by atoms with Gasteiger partial charge in [0.2, 0.25) is 0 Å². The van der Waals surface area contributed by atoms with E-state index in [2.05, 4.69) is 0 Å². The highest BCUT2D eigenvalue weighted by Gasteiger charge is 2.22. The number of hydrogen-bond acceptors (Lipinski definition) is 6. The van der Waals surface area contributed by atoms with E-state index in [4.69, 9.17) is 18.9 Å². The van der Waals surface area contributed by atoms with E-state index in [1.165, 1.54) is 0 Å². The van der Waals surface area contributed by atoms with E-state index < -0.39 is 12.3 Å². The molecule has 6 nitrogen and oxygen atoms in total. The average molecular weight is 551 g/mol. The van der Waals surface area contributed by atoms with E-state index in [1.54, 1.807) is 36.4 Å². The summed E-state index contributed by atoms with van der Waals surface area (Å²) in [6.45, 7) is 0. The minimum atomic E-state index is -0.884. The molecule has 0 spiro atoms. The Morgan fingerprint density at radius 2 is 0.643 bits per heavy atom. The van der Waals surface area contributed by atoms with Gasteiger partial charge in [-0.2, -0.15) is 0 Å². The lowest BCUT2D eigenvalue weighted by Gasteiger charge is -2.16. The first kappa shape index (κ1) is 25.1. The fourth-order valence-electron chi connectivity index (χ4n) is 5.23. The molecule has 7 aromatic carbocycles. The Morgan fingerprint density at radius 1 is 0.333 bits per heavy atom. The molecule has 0 bridgehead atoms. The summed E-state index contributed by atoms with van der Waals surface area (Å²) < 4.78 is 23.0. The van der Waals surface area contributed by atoms with E-state index in [0.717, 1.165) is 21.5 Å². The van der Waals surface area contributed by atoms with E-state index in [1.807, 2.05) is 97.1 Å². The first-order chi connectivity index (χ1) is 20.7. The van der Waals surface area contributed by atoms with E-state index in [9.17, 15) is 9.59 Å². The number of ether oxygens (including phenoxy) is 4. The first-order valence-corrected chi connectivity index (χ1v) is 13.3. The van der Waals surface area contributed by atoms with Gasteiger partial charge in [0.1, 0.15) is 23.0 Å². The summed E-state index contributed by atoms with van der Waals surface area (Å²) in [7, 11) is 0. The zero-order valence-electron chi connectivity index (χ0n) is 22.2. The van der Waals surface area contributed by atoms with Crippen molar-refractivity contribution in [2.24, 2.45) is 0 Å². The van der Waals surface area contributed by atoms with Gasteiger partial charge >= 0.3 is 12.3 Å². The third-order valence-corrected chi connectivity index (χ3v) is 7.09. The lowest BCUT2D eigenvalue weighted by atomic mass is 10.0. The van der Waals surface area contributed by atoms with Gasteiger partial charge in [0.25, 0.3) is 0 Å². The monoisotopic (exact) mass is 550 g/mol. The fraction of sp³-hybridized carbons (Fsp3) is 0. The smallest absolute Gasteiger partial charge is 0.394 e. The molecule has 0 N–H and O–H groups in total. The predicted octanol–water partition coefficient (Wildman–Crippen LogP) is 9.45. The van der Waals surface area contributed by atoms with Crippen LogP contribution in [-0.2, 0) is 0 Å². The highest BCUT2D eigenvalue weighted by molar-refractivity contribution is 6.12. The third kappa shape index (κ3) is 4.61. The number of benzene rings is 7. The SMILES string of the molecule is O=C(Oc1cccc2ccccc12)Oc1c2ccccc2c(OC(=O)Oc2cccc3ccccc23)c2ccccc12. The molecule has 0 saturated heterocycles. The number of hydrogen-bond donors (Lipinski definition) is 0.